The Morgan fingerprint density at radius 3 is 2.83 bits per heavy atom. The van der Waals surface area contributed by atoms with Crippen molar-refractivity contribution in [3.63, 3.8) is 0 Å². The fourth-order valence-electron chi connectivity index (χ4n) is 2.80. The quantitative estimate of drug-likeness (QED) is 0.685. The van der Waals surface area contributed by atoms with E-state index < -0.39 is 0 Å². The average Bonchev–Trinajstić information content (AvgIpc) is 2.97. The summed E-state index contributed by atoms with van der Waals surface area (Å²) < 4.78 is 0. The van der Waals surface area contributed by atoms with Crippen LogP contribution in [0.4, 0.5) is 5.82 Å². The molecule has 3 N–H and O–H groups in total. The minimum Gasteiger partial charge on any atom is -0.382 e. The van der Waals surface area contributed by atoms with Gasteiger partial charge < -0.3 is 15.6 Å². The maximum atomic E-state index is 11.0. The molecule has 23 heavy (non-hydrogen) atoms. The lowest BCUT2D eigenvalue weighted by Gasteiger charge is -2.11. The second-order valence-electron chi connectivity index (χ2n) is 5.67. The minimum absolute atomic E-state index is 0.415. The number of aryl methyl sites for hydroxylation is 1. The van der Waals surface area contributed by atoms with Gasteiger partial charge in [0.2, 0.25) is 6.41 Å². The number of carbonyl (C=O) groups is 1. The molecular weight excluding hydrogens is 290 g/mol. The number of nitrogens with two attached hydrogens (primary N) is 1. The molecule has 3 rings (SSSR count). The SMILES string of the molecule is CCCc1ccc2c(c1)nc(N)c1nc(CN(C=O)CC)[nH]c12. The molecule has 6 nitrogen and oxygen atoms in total. The number of aromatic nitrogens is 3. The average molecular weight is 311 g/mol. The number of nitrogens with zero attached hydrogens (tertiary/aromatic N) is 3. The van der Waals surface area contributed by atoms with E-state index in [0.717, 1.165) is 35.7 Å². The number of imidazole rings is 1. The molecule has 6 heteroatoms. The Balaban J connectivity index is 2.11. The van der Waals surface area contributed by atoms with Gasteiger partial charge in [-0.2, -0.15) is 0 Å². The zero-order valence-corrected chi connectivity index (χ0v) is 13.5. The molecule has 1 amide bonds. The van der Waals surface area contributed by atoms with Crippen molar-refractivity contribution in [2.45, 2.75) is 33.2 Å². The number of hydrogen-bond donors (Lipinski definition) is 2. The largest absolute Gasteiger partial charge is 0.382 e. The van der Waals surface area contributed by atoms with E-state index in [-0.39, 0.29) is 0 Å². The Labute approximate surface area is 134 Å². The van der Waals surface area contributed by atoms with Crippen LogP contribution in [0.2, 0.25) is 0 Å². The highest BCUT2D eigenvalue weighted by atomic mass is 16.1. The van der Waals surface area contributed by atoms with Crippen molar-refractivity contribution in [1.82, 2.24) is 19.9 Å². The number of nitrogens with one attached hydrogen (secondary N) is 1. The number of aromatic amines is 1. The first-order chi connectivity index (χ1) is 11.2. The van der Waals surface area contributed by atoms with Crippen LogP contribution >= 0.6 is 0 Å². The van der Waals surface area contributed by atoms with Crippen LogP contribution in [0.5, 0.6) is 0 Å². The van der Waals surface area contributed by atoms with Gasteiger partial charge in [0, 0.05) is 11.9 Å². The molecule has 0 aliphatic carbocycles. The highest BCUT2D eigenvalue weighted by molar-refractivity contribution is 6.06. The van der Waals surface area contributed by atoms with Crippen molar-refractivity contribution >= 4 is 34.2 Å². The molecule has 0 aliphatic heterocycles. The number of rotatable bonds is 6. The van der Waals surface area contributed by atoms with Gasteiger partial charge in [0.05, 0.1) is 17.6 Å². The first-order valence-corrected chi connectivity index (χ1v) is 7.92. The predicted molar refractivity (Wildman–Crippen MR) is 92.0 cm³/mol. The zero-order chi connectivity index (χ0) is 16.4. The topological polar surface area (TPSA) is 87.9 Å². The minimum atomic E-state index is 0.415. The number of hydrogen-bond acceptors (Lipinski definition) is 4. The molecule has 2 heterocycles. The van der Waals surface area contributed by atoms with E-state index in [2.05, 4.69) is 40.1 Å². The summed E-state index contributed by atoms with van der Waals surface area (Å²) >= 11 is 0. The van der Waals surface area contributed by atoms with Crippen molar-refractivity contribution in [3.8, 4) is 0 Å². The second kappa shape index (κ2) is 6.24. The van der Waals surface area contributed by atoms with Crippen LogP contribution in [0, 0.1) is 0 Å². The van der Waals surface area contributed by atoms with E-state index in [1.54, 1.807) is 4.90 Å². The molecule has 0 radical (unpaired) electrons. The van der Waals surface area contributed by atoms with Crippen LogP contribution in [-0.2, 0) is 17.8 Å². The Morgan fingerprint density at radius 1 is 1.30 bits per heavy atom. The molecular formula is C17H21N5O. The number of anilines is 1. The van der Waals surface area contributed by atoms with Crippen LogP contribution in [0.3, 0.4) is 0 Å². The molecule has 0 saturated heterocycles. The summed E-state index contributed by atoms with van der Waals surface area (Å²) in [5.41, 5.74) is 9.75. The first-order valence-electron chi connectivity index (χ1n) is 7.92. The van der Waals surface area contributed by atoms with Gasteiger partial charge in [0.25, 0.3) is 0 Å². The van der Waals surface area contributed by atoms with Crippen molar-refractivity contribution in [1.29, 1.82) is 0 Å². The van der Waals surface area contributed by atoms with Crippen LogP contribution in [0.15, 0.2) is 18.2 Å². The van der Waals surface area contributed by atoms with Crippen LogP contribution in [0.1, 0.15) is 31.7 Å². The Kier molecular flexibility index (Phi) is 4.14. The molecule has 0 unspecified atom stereocenters. The predicted octanol–water partition coefficient (Wildman–Crippen LogP) is 2.62. The van der Waals surface area contributed by atoms with Gasteiger partial charge in [0.15, 0.2) is 5.82 Å². The Hall–Kier alpha value is -2.63. The molecule has 0 spiro atoms. The van der Waals surface area contributed by atoms with E-state index in [1.165, 1.54) is 5.56 Å². The highest BCUT2D eigenvalue weighted by Crippen LogP contribution is 2.27. The summed E-state index contributed by atoms with van der Waals surface area (Å²) in [6, 6.07) is 6.26. The van der Waals surface area contributed by atoms with Crippen LogP contribution in [-0.4, -0.2) is 32.8 Å². The maximum absolute atomic E-state index is 11.0. The molecule has 3 aromatic rings. The summed E-state index contributed by atoms with van der Waals surface area (Å²) in [5, 5.41) is 1.00. The lowest BCUT2D eigenvalue weighted by atomic mass is 10.1. The van der Waals surface area contributed by atoms with Crippen molar-refractivity contribution in [3.05, 3.63) is 29.6 Å². The number of pyridine rings is 1. The van der Waals surface area contributed by atoms with Gasteiger partial charge in [0.1, 0.15) is 11.3 Å². The van der Waals surface area contributed by atoms with Crippen LogP contribution in [0.25, 0.3) is 21.9 Å². The van der Waals surface area contributed by atoms with E-state index >= 15 is 0 Å². The molecule has 0 bridgehead atoms. The molecule has 0 atom stereocenters. The number of amides is 1. The Bertz CT molecular complexity index is 855. The van der Waals surface area contributed by atoms with Gasteiger partial charge >= 0.3 is 0 Å². The maximum Gasteiger partial charge on any atom is 0.210 e. The number of benzene rings is 1. The van der Waals surface area contributed by atoms with Gasteiger partial charge in [-0.05, 0) is 25.0 Å². The third kappa shape index (κ3) is 2.84. The summed E-state index contributed by atoms with van der Waals surface area (Å²) in [6.07, 6.45) is 2.94. The van der Waals surface area contributed by atoms with Gasteiger partial charge in [-0.3, -0.25) is 4.79 Å². The molecule has 0 aliphatic rings. The fourth-order valence-corrected chi connectivity index (χ4v) is 2.80. The summed E-state index contributed by atoms with van der Waals surface area (Å²) in [6.45, 7) is 5.15. The van der Waals surface area contributed by atoms with E-state index in [0.29, 0.717) is 30.2 Å². The summed E-state index contributed by atoms with van der Waals surface area (Å²) in [4.78, 5) is 24.9. The molecule has 1 aromatic carbocycles. The summed E-state index contributed by atoms with van der Waals surface area (Å²) in [5.74, 6) is 1.13. The molecule has 0 saturated carbocycles. The standard InChI is InChI=1S/C17H21N5O/c1-3-5-11-6-7-12-13(8-11)19-17(18)16-15(12)20-14(21-16)9-22(4-2)10-23/h6-8,10H,3-5,9H2,1-2H3,(H2,18,19)(H,20,21). The smallest absolute Gasteiger partial charge is 0.210 e. The number of H-pyrrole nitrogens is 1. The monoisotopic (exact) mass is 311 g/mol. The first kappa shape index (κ1) is 15.3. The third-order valence-electron chi connectivity index (χ3n) is 4.01. The molecule has 120 valence electrons. The normalized spacial score (nSPS) is 11.2. The zero-order valence-electron chi connectivity index (χ0n) is 13.5. The Morgan fingerprint density at radius 2 is 2.13 bits per heavy atom. The lowest BCUT2D eigenvalue weighted by Crippen LogP contribution is -2.21. The number of carbonyl (C=O) groups excluding carboxylic acids is 1. The third-order valence-corrected chi connectivity index (χ3v) is 4.01. The van der Waals surface area contributed by atoms with E-state index in [4.69, 9.17) is 5.73 Å². The number of fused-ring (bicyclic) bond motifs is 3. The van der Waals surface area contributed by atoms with Gasteiger partial charge in [-0.25, -0.2) is 9.97 Å². The second-order valence-corrected chi connectivity index (χ2v) is 5.67. The van der Waals surface area contributed by atoms with Crippen molar-refractivity contribution in [2.75, 3.05) is 12.3 Å². The van der Waals surface area contributed by atoms with E-state index in [9.17, 15) is 4.79 Å². The molecule has 0 fully saturated rings. The van der Waals surface area contributed by atoms with Gasteiger partial charge in [-0.1, -0.05) is 25.5 Å². The highest BCUT2D eigenvalue weighted by Gasteiger charge is 2.13. The lowest BCUT2D eigenvalue weighted by molar-refractivity contribution is -0.118. The van der Waals surface area contributed by atoms with Gasteiger partial charge in [-0.15, -0.1) is 0 Å². The van der Waals surface area contributed by atoms with Crippen molar-refractivity contribution < 1.29 is 4.79 Å². The van der Waals surface area contributed by atoms with Crippen LogP contribution < -0.4 is 5.73 Å². The van der Waals surface area contributed by atoms with Crippen molar-refractivity contribution in [2.24, 2.45) is 0 Å². The molecule has 2 aromatic heterocycles. The fraction of sp³-hybridized carbons (Fsp3) is 0.353. The van der Waals surface area contributed by atoms with E-state index in [1.807, 2.05) is 6.92 Å². The number of nitrogen functional groups attached to an aromatic ring is 1. The summed E-state index contributed by atoms with van der Waals surface area (Å²) in [7, 11) is 0.